The van der Waals surface area contributed by atoms with Gasteiger partial charge in [-0.1, -0.05) is 0 Å². The molecule has 1 heterocycles. The van der Waals surface area contributed by atoms with Crippen molar-refractivity contribution in [2.45, 2.75) is 6.61 Å². The molecule has 9 heteroatoms. The lowest BCUT2D eigenvalue weighted by molar-refractivity contribution is -0.385. The summed E-state index contributed by atoms with van der Waals surface area (Å²) in [5.74, 6) is 0.417. The Morgan fingerprint density at radius 2 is 1.63 bits per heavy atom. The van der Waals surface area contributed by atoms with Crippen molar-refractivity contribution in [1.82, 2.24) is 4.90 Å². The number of nitrogens with zero attached hydrogens (tertiary/aromatic N) is 4. The minimum absolute atomic E-state index is 0.00482. The van der Waals surface area contributed by atoms with Crippen LogP contribution in [0.3, 0.4) is 0 Å². The van der Waals surface area contributed by atoms with E-state index in [4.69, 9.17) is 4.74 Å². The molecule has 2 aromatic rings. The van der Waals surface area contributed by atoms with Crippen molar-refractivity contribution in [2.24, 2.45) is 0 Å². The van der Waals surface area contributed by atoms with Crippen LogP contribution in [0.2, 0.25) is 0 Å². The molecular formula is C18H20N4O5. The fourth-order valence-corrected chi connectivity index (χ4v) is 2.95. The SMILES string of the molecule is CN1CCN(c2ccc([N+](=O)[O-])c(COc3ccc([N+](=O)[O-])cc3)c2)CC1. The highest BCUT2D eigenvalue weighted by molar-refractivity contribution is 5.56. The normalized spacial score (nSPS) is 14.8. The Labute approximate surface area is 156 Å². The number of hydrogen-bond donors (Lipinski definition) is 0. The molecular weight excluding hydrogens is 352 g/mol. The molecule has 0 saturated carbocycles. The molecule has 142 valence electrons. The summed E-state index contributed by atoms with van der Waals surface area (Å²) >= 11 is 0. The van der Waals surface area contributed by atoms with Crippen LogP contribution in [0.4, 0.5) is 17.1 Å². The van der Waals surface area contributed by atoms with Crippen LogP contribution >= 0.6 is 0 Å². The lowest BCUT2D eigenvalue weighted by Crippen LogP contribution is -2.44. The van der Waals surface area contributed by atoms with Crippen molar-refractivity contribution in [1.29, 1.82) is 0 Å². The van der Waals surface area contributed by atoms with Gasteiger partial charge < -0.3 is 14.5 Å². The predicted octanol–water partition coefficient (Wildman–Crippen LogP) is 2.83. The molecule has 0 aliphatic carbocycles. The van der Waals surface area contributed by atoms with E-state index in [-0.39, 0.29) is 18.0 Å². The molecule has 0 aromatic heterocycles. The summed E-state index contributed by atoms with van der Waals surface area (Å²) in [5, 5.41) is 22.0. The third-order valence-corrected chi connectivity index (χ3v) is 4.57. The fraction of sp³-hybridized carbons (Fsp3) is 0.333. The third kappa shape index (κ3) is 4.50. The van der Waals surface area contributed by atoms with Gasteiger partial charge in [-0.2, -0.15) is 0 Å². The van der Waals surface area contributed by atoms with Gasteiger partial charge in [-0.15, -0.1) is 0 Å². The van der Waals surface area contributed by atoms with Crippen LogP contribution in [-0.4, -0.2) is 48.0 Å². The van der Waals surface area contributed by atoms with Gasteiger partial charge in [0.15, 0.2) is 0 Å². The van der Waals surface area contributed by atoms with Crippen LogP contribution in [0.1, 0.15) is 5.56 Å². The number of ether oxygens (including phenoxy) is 1. The van der Waals surface area contributed by atoms with Crippen molar-refractivity contribution in [3.8, 4) is 5.75 Å². The van der Waals surface area contributed by atoms with Crippen LogP contribution in [0.5, 0.6) is 5.75 Å². The first-order chi connectivity index (χ1) is 12.9. The van der Waals surface area contributed by atoms with Gasteiger partial charge in [0, 0.05) is 50.1 Å². The molecule has 0 spiro atoms. The van der Waals surface area contributed by atoms with E-state index in [9.17, 15) is 20.2 Å². The first kappa shape index (κ1) is 18.6. The van der Waals surface area contributed by atoms with E-state index >= 15 is 0 Å². The molecule has 1 aliphatic heterocycles. The van der Waals surface area contributed by atoms with E-state index in [0.29, 0.717) is 11.3 Å². The minimum atomic E-state index is -0.492. The summed E-state index contributed by atoms with van der Waals surface area (Å²) in [5.41, 5.74) is 1.35. The molecule has 0 unspecified atom stereocenters. The van der Waals surface area contributed by atoms with E-state index in [1.54, 1.807) is 12.1 Å². The minimum Gasteiger partial charge on any atom is -0.489 e. The zero-order chi connectivity index (χ0) is 19.4. The number of hydrogen-bond acceptors (Lipinski definition) is 7. The molecule has 0 radical (unpaired) electrons. The van der Waals surface area contributed by atoms with Crippen LogP contribution < -0.4 is 9.64 Å². The van der Waals surface area contributed by atoms with Gasteiger partial charge in [0.05, 0.1) is 15.4 Å². The number of anilines is 1. The monoisotopic (exact) mass is 372 g/mol. The zero-order valence-corrected chi connectivity index (χ0v) is 14.9. The van der Waals surface area contributed by atoms with Gasteiger partial charge in [-0.25, -0.2) is 0 Å². The largest absolute Gasteiger partial charge is 0.489 e. The molecule has 1 fully saturated rings. The Balaban J connectivity index is 1.76. The van der Waals surface area contributed by atoms with Crippen molar-refractivity contribution < 1.29 is 14.6 Å². The topological polar surface area (TPSA) is 102 Å². The molecule has 9 nitrogen and oxygen atoms in total. The smallest absolute Gasteiger partial charge is 0.276 e. The van der Waals surface area contributed by atoms with E-state index in [1.165, 1.54) is 30.3 Å². The maximum absolute atomic E-state index is 11.3. The number of nitro benzene ring substituents is 2. The summed E-state index contributed by atoms with van der Waals surface area (Å²) in [4.78, 5) is 25.5. The van der Waals surface area contributed by atoms with Gasteiger partial charge in [-0.05, 0) is 31.3 Å². The average Bonchev–Trinajstić information content (AvgIpc) is 2.67. The number of non-ortho nitro benzene ring substituents is 1. The zero-order valence-electron chi connectivity index (χ0n) is 14.9. The lowest BCUT2D eigenvalue weighted by Gasteiger charge is -2.34. The Hall–Kier alpha value is -3.20. The van der Waals surface area contributed by atoms with Crippen molar-refractivity contribution in [3.05, 3.63) is 68.3 Å². The number of likely N-dealkylation sites (N-methyl/N-ethyl adjacent to an activating group) is 1. The maximum atomic E-state index is 11.3. The van der Waals surface area contributed by atoms with Crippen LogP contribution in [0, 0.1) is 20.2 Å². The molecule has 0 atom stereocenters. The van der Waals surface area contributed by atoms with Gasteiger partial charge in [0.2, 0.25) is 0 Å². The molecule has 0 amide bonds. The highest BCUT2D eigenvalue weighted by atomic mass is 16.6. The second kappa shape index (κ2) is 8.00. The van der Waals surface area contributed by atoms with Gasteiger partial charge in [0.1, 0.15) is 12.4 Å². The first-order valence-electron chi connectivity index (χ1n) is 8.52. The molecule has 1 aliphatic rings. The van der Waals surface area contributed by atoms with Crippen molar-refractivity contribution in [3.63, 3.8) is 0 Å². The molecule has 2 aromatic carbocycles. The summed E-state index contributed by atoms with van der Waals surface area (Å²) in [6, 6.07) is 10.7. The Bertz CT molecular complexity index is 832. The van der Waals surface area contributed by atoms with Crippen LogP contribution in [0.25, 0.3) is 0 Å². The van der Waals surface area contributed by atoms with Crippen molar-refractivity contribution >= 4 is 17.1 Å². The van der Waals surface area contributed by atoms with Crippen LogP contribution in [0.15, 0.2) is 42.5 Å². The summed E-state index contributed by atoms with van der Waals surface area (Å²) in [7, 11) is 2.07. The highest BCUT2D eigenvalue weighted by Crippen LogP contribution is 2.27. The van der Waals surface area contributed by atoms with E-state index in [2.05, 4.69) is 16.8 Å². The molecule has 1 saturated heterocycles. The quantitative estimate of drug-likeness (QED) is 0.567. The van der Waals surface area contributed by atoms with Gasteiger partial charge in [0.25, 0.3) is 11.4 Å². The Morgan fingerprint density at radius 1 is 0.963 bits per heavy atom. The maximum Gasteiger partial charge on any atom is 0.276 e. The Morgan fingerprint density at radius 3 is 2.22 bits per heavy atom. The molecule has 27 heavy (non-hydrogen) atoms. The lowest BCUT2D eigenvalue weighted by atomic mass is 10.1. The highest BCUT2D eigenvalue weighted by Gasteiger charge is 2.19. The summed E-state index contributed by atoms with van der Waals surface area (Å²) in [6.07, 6.45) is 0. The average molecular weight is 372 g/mol. The number of rotatable bonds is 6. The number of piperazine rings is 1. The van der Waals surface area contributed by atoms with Crippen LogP contribution in [-0.2, 0) is 6.61 Å². The van der Waals surface area contributed by atoms with Gasteiger partial charge >= 0.3 is 0 Å². The predicted molar refractivity (Wildman–Crippen MR) is 100 cm³/mol. The number of benzene rings is 2. The fourth-order valence-electron chi connectivity index (χ4n) is 2.95. The van der Waals surface area contributed by atoms with E-state index < -0.39 is 9.85 Å². The summed E-state index contributed by atoms with van der Waals surface area (Å²) in [6.45, 7) is 3.60. The molecule has 0 bridgehead atoms. The van der Waals surface area contributed by atoms with E-state index in [0.717, 1.165) is 31.9 Å². The number of nitro groups is 2. The third-order valence-electron chi connectivity index (χ3n) is 4.57. The molecule has 3 rings (SSSR count). The standard InChI is InChI=1S/C18H20N4O5/c1-19-8-10-20(11-9-19)16-4-7-18(22(25)26)14(12-16)13-27-17-5-2-15(3-6-17)21(23)24/h2-7,12H,8-11,13H2,1H3. The van der Waals surface area contributed by atoms with Crippen molar-refractivity contribution in [2.75, 3.05) is 38.1 Å². The molecule has 0 N–H and O–H groups in total. The second-order valence-electron chi connectivity index (χ2n) is 6.40. The van der Waals surface area contributed by atoms with Gasteiger partial charge in [-0.3, -0.25) is 20.2 Å². The van der Waals surface area contributed by atoms with E-state index in [1.807, 2.05) is 0 Å². The summed E-state index contributed by atoms with van der Waals surface area (Å²) < 4.78 is 5.62. The second-order valence-corrected chi connectivity index (χ2v) is 6.40. The Kier molecular flexibility index (Phi) is 5.51. The first-order valence-corrected chi connectivity index (χ1v) is 8.52.